The first-order valence-corrected chi connectivity index (χ1v) is 9.14. The van der Waals surface area contributed by atoms with E-state index in [9.17, 15) is 14.9 Å². The van der Waals surface area contributed by atoms with Crippen LogP contribution in [0.25, 0.3) is 0 Å². The van der Waals surface area contributed by atoms with Gasteiger partial charge in [-0.05, 0) is 29.8 Å². The molecule has 1 aliphatic heterocycles. The molecule has 29 heavy (non-hydrogen) atoms. The minimum Gasteiger partial charge on any atom is -0.322 e. The second-order valence-electron chi connectivity index (χ2n) is 6.66. The molecule has 4 rings (SSSR count). The van der Waals surface area contributed by atoms with Gasteiger partial charge >= 0.3 is 0 Å². The van der Waals surface area contributed by atoms with E-state index in [1.54, 1.807) is 30.3 Å². The van der Waals surface area contributed by atoms with Gasteiger partial charge in [-0.3, -0.25) is 14.9 Å². The summed E-state index contributed by atoms with van der Waals surface area (Å²) in [5.74, 6) is -0.172. The van der Waals surface area contributed by atoms with Gasteiger partial charge in [0.1, 0.15) is 0 Å². The summed E-state index contributed by atoms with van der Waals surface area (Å²) in [6.45, 7) is 0. The number of nitro groups is 1. The van der Waals surface area contributed by atoms with Gasteiger partial charge in [-0.2, -0.15) is 5.10 Å². The SMILES string of the molecule is O=C(Nc1ccc(C2=NNC(c3ccccc3[N+](=O)[O-])C2)cc1)c1ccccc1. The largest absolute Gasteiger partial charge is 0.322 e. The molecule has 0 aromatic heterocycles. The third-order valence-corrected chi connectivity index (χ3v) is 4.77. The maximum absolute atomic E-state index is 12.2. The minimum atomic E-state index is -0.376. The van der Waals surface area contributed by atoms with Crippen LogP contribution in [0.1, 0.15) is 33.9 Å². The van der Waals surface area contributed by atoms with Crippen molar-refractivity contribution in [3.8, 4) is 0 Å². The first kappa shape index (κ1) is 18.4. The van der Waals surface area contributed by atoms with E-state index in [1.807, 2.05) is 42.5 Å². The standard InChI is InChI=1S/C22H18N4O3/c27-22(16-6-2-1-3-7-16)23-17-12-10-15(11-13-17)19-14-20(25-24-19)18-8-4-5-9-21(18)26(28)29/h1-13,20,25H,14H2,(H,23,27). The molecule has 1 atom stereocenters. The number of hydrazone groups is 1. The topological polar surface area (TPSA) is 96.6 Å². The fraction of sp³-hybridized carbons (Fsp3) is 0.0909. The van der Waals surface area contributed by atoms with Crippen molar-refractivity contribution >= 4 is 23.0 Å². The summed E-state index contributed by atoms with van der Waals surface area (Å²) in [6.07, 6.45) is 0.542. The molecule has 0 saturated heterocycles. The Bertz CT molecular complexity index is 1080. The van der Waals surface area contributed by atoms with Gasteiger partial charge in [0, 0.05) is 23.7 Å². The molecule has 0 spiro atoms. The fourth-order valence-electron chi connectivity index (χ4n) is 3.29. The highest BCUT2D eigenvalue weighted by atomic mass is 16.6. The molecule has 1 heterocycles. The summed E-state index contributed by atoms with van der Waals surface area (Å²) < 4.78 is 0. The highest BCUT2D eigenvalue weighted by molar-refractivity contribution is 6.05. The third kappa shape index (κ3) is 3.98. The quantitative estimate of drug-likeness (QED) is 0.505. The van der Waals surface area contributed by atoms with Gasteiger partial charge in [-0.1, -0.05) is 48.5 Å². The number of nitrogens with one attached hydrogen (secondary N) is 2. The minimum absolute atomic E-state index is 0.0837. The number of carbonyl (C=O) groups excluding carboxylic acids is 1. The number of rotatable bonds is 5. The summed E-state index contributed by atoms with van der Waals surface area (Å²) in [5, 5.41) is 18.5. The maximum atomic E-state index is 12.2. The molecule has 2 N–H and O–H groups in total. The second kappa shape index (κ2) is 7.93. The molecular weight excluding hydrogens is 368 g/mol. The summed E-state index contributed by atoms with van der Waals surface area (Å²) >= 11 is 0. The Morgan fingerprint density at radius 1 is 1.00 bits per heavy atom. The number of hydrogen-bond donors (Lipinski definition) is 2. The fourth-order valence-corrected chi connectivity index (χ4v) is 3.29. The Hall–Kier alpha value is -4.00. The molecule has 0 aliphatic carbocycles. The predicted molar refractivity (Wildman–Crippen MR) is 111 cm³/mol. The zero-order valence-corrected chi connectivity index (χ0v) is 15.4. The van der Waals surface area contributed by atoms with Crippen LogP contribution in [0.5, 0.6) is 0 Å². The summed E-state index contributed by atoms with van der Waals surface area (Å²) in [6, 6.07) is 22.8. The van der Waals surface area contributed by atoms with Gasteiger partial charge in [-0.25, -0.2) is 0 Å². The van der Waals surface area contributed by atoms with Crippen LogP contribution in [0.2, 0.25) is 0 Å². The maximum Gasteiger partial charge on any atom is 0.274 e. The summed E-state index contributed by atoms with van der Waals surface area (Å²) in [5.41, 5.74) is 6.69. The number of para-hydroxylation sites is 1. The Balaban J connectivity index is 1.44. The Kier molecular flexibility index (Phi) is 5.03. The van der Waals surface area contributed by atoms with Crippen molar-refractivity contribution in [3.63, 3.8) is 0 Å². The second-order valence-corrected chi connectivity index (χ2v) is 6.66. The van der Waals surface area contributed by atoms with Crippen LogP contribution in [-0.4, -0.2) is 16.5 Å². The van der Waals surface area contributed by atoms with Crippen molar-refractivity contribution < 1.29 is 9.72 Å². The van der Waals surface area contributed by atoms with Gasteiger partial charge in [0.2, 0.25) is 0 Å². The van der Waals surface area contributed by atoms with Crippen LogP contribution >= 0.6 is 0 Å². The van der Waals surface area contributed by atoms with E-state index in [4.69, 9.17) is 0 Å². The van der Waals surface area contributed by atoms with E-state index in [2.05, 4.69) is 15.8 Å². The molecule has 0 saturated carbocycles. The zero-order valence-electron chi connectivity index (χ0n) is 15.4. The highest BCUT2D eigenvalue weighted by Gasteiger charge is 2.27. The zero-order chi connectivity index (χ0) is 20.2. The Morgan fingerprint density at radius 2 is 1.69 bits per heavy atom. The van der Waals surface area contributed by atoms with Crippen LogP contribution in [-0.2, 0) is 0 Å². The van der Waals surface area contributed by atoms with E-state index in [0.29, 0.717) is 23.2 Å². The number of amides is 1. The van der Waals surface area contributed by atoms with Crippen molar-refractivity contribution in [1.82, 2.24) is 5.43 Å². The molecule has 0 fully saturated rings. The molecule has 1 aliphatic rings. The third-order valence-electron chi connectivity index (χ3n) is 4.77. The molecule has 0 radical (unpaired) electrons. The highest BCUT2D eigenvalue weighted by Crippen LogP contribution is 2.31. The van der Waals surface area contributed by atoms with Crippen LogP contribution in [0.15, 0.2) is 84.0 Å². The van der Waals surface area contributed by atoms with Crippen molar-refractivity contribution in [2.45, 2.75) is 12.5 Å². The predicted octanol–water partition coefficient (Wildman–Crippen LogP) is 4.29. The molecule has 1 amide bonds. The van der Waals surface area contributed by atoms with Crippen LogP contribution in [0, 0.1) is 10.1 Å². The molecule has 7 nitrogen and oxygen atoms in total. The van der Waals surface area contributed by atoms with Crippen LogP contribution < -0.4 is 10.7 Å². The molecule has 3 aromatic carbocycles. The molecule has 3 aromatic rings. The lowest BCUT2D eigenvalue weighted by atomic mass is 9.98. The van der Waals surface area contributed by atoms with E-state index < -0.39 is 0 Å². The van der Waals surface area contributed by atoms with Gasteiger partial charge in [0.15, 0.2) is 0 Å². The average molecular weight is 386 g/mol. The lowest BCUT2D eigenvalue weighted by molar-refractivity contribution is -0.385. The van der Waals surface area contributed by atoms with Crippen LogP contribution in [0.4, 0.5) is 11.4 Å². The average Bonchev–Trinajstić information content (AvgIpc) is 3.25. The molecular formula is C22H18N4O3. The lowest BCUT2D eigenvalue weighted by Gasteiger charge is -2.10. The Morgan fingerprint density at radius 3 is 2.41 bits per heavy atom. The lowest BCUT2D eigenvalue weighted by Crippen LogP contribution is -2.12. The smallest absolute Gasteiger partial charge is 0.274 e. The number of nitrogens with zero attached hydrogens (tertiary/aromatic N) is 2. The molecule has 7 heteroatoms. The normalized spacial score (nSPS) is 15.3. The Labute approximate surface area is 167 Å². The van der Waals surface area contributed by atoms with Gasteiger partial charge in [0.05, 0.1) is 22.2 Å². The number of benzene rings is 3. The van der Waals surface area contributed by atoms with E-state index in [1.165, 1.54) is 6.07 Å². The number of hydrogen-bond acceptors (Lipinski definition) is 5. The van der Waals surface area contributed by atoms with Gasteiger partial charge in [0.25, 0.3) is 11.6 Å². The summed E-state index contributed by atoms with van der Waals surface area (Å²) in [4.78, 5) is 23.1. The van der Waals surface area contributed by atoms with E-state index >= 15 is 0 Å². The van der Waals surface area contributed by atoms with Crippen LogP contribution in [0.3, 0.4) is 0 Å². The van der Waals surface area contributed by atoms with Crippen molar-refractivity contribution in [3.05, 3.63) is 106 Å². The number of anilines is 1. The van der Waals surface area contributed by atoms with E-state index in [0.717, 1.165) is 11.3 Å². The monoisotopic (exact) mass is 386 g/mol. The van der Waals surface area contributed by atoms with E-state index in [-0.39, 0.29) is 22.6 Å². The molecule has 0 bridgehead atoms. The van der Waals surface area contributed by atoms with Crippen molar-refractivity contribution in [2.75, 3.05) is 5.32 Å². The molecule has 144 valence electrons. The summed E-state index contributed by atoms with van der Waals surface area (Å²) in [7, 11) is 0. The van der Waals surface area contributed by atoms with Gasteiger partial charge < -0.3 is 10.7 Å². The van der Waals surface area contributed by atoms with Gasteiger partial charge in [-0.15, -0.1) is 0 Å². The van der Waals surface area contributed by atoms with Crippen molar-refractivity contribution in [2.24, 2.45) is 5.10 Å². The first-order valence-electron chi connectivity index (χ1n) is 9.14. The number of nitro benzene ring substituents is 1. The molecule has 1 unspecified atom stereocenters. The van der Waals surface area contributed by atoms with Crippen molar-refractivity contribution in [1.29, 1.82) is 0 Å². The number of carbonyl (C=O) groups is 1. The first-order chi connectivity index (χ1) is 14.1.